The minimum absolute atomic E-state index is 0.0355. The zero-order valence-corrected chi connectivity index (χ0v) is 12.5. The molecule has 3 rings (SSSR count). The number of fused-ring (bicyclic) bond motifs is 1. The highest BCUT2D eigenvalue weighted by Crippen LogP contribution is 2.16. The van der Waals surface area contributed by atoms with E-state index in [1.54, 1.807) is 10.9 Å². The van der Waals surface area contributed by atoms with Gasteiger partial charge in [0.25, 0.3) is 11.8 Å². The van der Waals surface area contributed by atoms with Gasteiger partial charge in [-0.05, 0) is 19.4 Å². The molecule has 6 nitrogen and oxygen atoms in total. The lowest BCUT2D eigenvalue weighted by Gasteiger charge is -2.22. The maximum Gasteiger partial charge on any atom is 0.272 e. The summed E-state index contributed by atoms with van der Waals surface area (Å²) in [4.78, 5) is 28.6. The van der Waals surface area contributed by atoms with Gasteiger partial charge >= 0.3 is 0 Å². The lowest BCUT2D eigenvalue weighted by atomic mass is 10.1. The third-order valence-electron chi connectivity index (χ3n) is 3.76. The molecular formula is C16H18N4O2. The summed E-state index contributed by atoms with van der Waals surface area (Å²) in [6.07, 6.45) is 1.55. The van der Waals surface area contributed by atoms with Crippen LogP contribution in [0.15, 0.2) is 36.7 Å². The highest BCUT2D eigenvalue weighted by Gasteiger charge is 2.29. The molecule has 2 N–H and O–H groups in total. The summed E-state index contributed by atoms with van der Waals surface area (Å²) in [5, 5.41) is 5.71. The van der Waals surface area contributed by atoms with Gasteiger partial charge in [0.1, 0.15) is 5.69 Å². The number of carbonyl (C=O) groups excluding carboxylic acids is 2. The summed E-state index contributed by atoms with van der Waals surface area (Å²) in [6, 6.07) is 9.54. The number of nitrogens with zero attached hydrogens (tertiary/aromatic N) is 2. The van der Waals surface area contributed by atoms with Crippen molar-refractivity contribution in [3.63, 3.8) is 0 Å². The fraction of sp³-hybridized carbons (Fsp3) is 0.312. The molecule has 1 aromatic carbocycles. The van der Waals surface area contributed by atoms with E-state index in [2.05, 4.69) is 15.6 Å². The van der Waals surface area contributed by atoms with Crippen molar-refractivity contribution >= 4 is 11.8 Å². The molecule has 0 unspecified atom stereocenters. The number of benzene rings is 1. The van der Waals surface area contributed by atoms with Crippen molar-refractivity contribution in [3.8, 4) is 0 Å². The van der Waals surface area contributed by atoms with E-state index in [1.165, 1.54) is 0 Å². The first-order chi connectivity index (χ1) is 10.6. The molecule has 0 aliphatic carbocycles. The van der Waals surface area contributed by atoms with Crippen LogP contribution in [0.4, 0.5) is 0 Å². The molecule has 1 aromatic heterocycles. The van der Waals surface area contributed by atoms with E-state index in [1.807, 2.05) is 44.2 Å². The van der Waals surface area contributed by atoms with Gasteiger partial charge in [-0.3, -0.25) is 9.59 Å². The second-order valence-electron chi connectivity index (χ2n) is 5.57. The summed E-state index contributed by atoms with van der Waals surface area (Å²) in [7, 11) is 0. The first-order valence-corrected chi connectivity index (χ1v) is 7.28. The molecular weight excluding hydrogens is 280 g/mol. The number of hydrogen-bond acceptors (Lipinski definition) is 3. The Kier molecular flexibility index (Phi) is 3.66. The second kappa shape index (κ2) is 5.63. The molecule has 0 radical (unpaired) electrons. The third-order valence-corrected chi connectivity index (χ3v) is 3.76. The van der Waals surface area contributed by atoms with Crippen LogP contribution in [-0.4, -0.2) is 27.4 Å². The molecule has 0 saturated carbocycles. The van der Waals surface area contributed by atoms with Gasteiger partial charge in [-0.25, -0.2) is 4.98 Å². The van der Waals surface area contributed by atoms with Crippen molar-refractivity contribution < 1.29 is 9.59 Å². The standard InChI is InChI=1S/C16H18N4O2/c1-10-8-20-9-17-13(14(20)16(22)18-10)15(21)19-11(2)12-6-4-3-5-7-12/h3-7,9-11H,8H2,1-2H3,(H,18,22)(H,19,21)/t10-,11+/m0/s1. The zero-order chi connectivity index (χ0) is 15.7. The highest BCUT2D eigenvalue weighted by molar-refractivity contribution is 6.05. The molecule has 114 valence electrons. The average Bonchev–Trinajstić information content (AvgIpc) is 2.92. The van der Waals surface area contributed by atoms with Crippen molar-refractivity contribution in [1.82, 2.24) is 20.2 Å². The number of carbonyl (C=O) groups is 2. The molecule has 2 atom stereocenters. The van der Waals surface area contributed by atoms with Crippen LogP contribution in [0.2, 0.25) is 0 Å². The molecule has 2 amide bonds. The topological polar surface area (TPSA) is 76.0 Å². The Balaban J connectivity index is 1.81. The first kappa shape index (κ1) is 14.3. The zero-order valence-electron chi connectivity index (χ0n) is 12.5. The van der Waals surface area contributed by atoms with Crippen LogP contribution < -0.4 is 10.6 Å². The van der Waals surface area contributed by atoms with E-state index in [4.69, 9.17) is 0 Å². The molecule has 0 saturated heterocycles. The second-order valence-corrected chi connectivity index (χ2v) is 5.57. The van der Waals surface area contributed by atoms with Crippen molar-refractivity contribution in [2.24, 2.45) is 0 Å². The van der Waals surface area contributed by atoms with E-state index in [-0.39, 0.29) is 29.6 Å². The van der Waals surface area contributed by atoms with Crippen LogP contribution >= 0.6 is 0 Å². The molecule has 1 aliphatic rings. The predicted molar refractivity (Wildman–Crippen MR) is 81.5 cm³/mol. The third kappa shape index (κ3) is 2.59. The van der Waals surface area contributed by atoms with Crippen LogP contribution in [0.1, 0.15) is 46.4 Å². The van der Waals surface area contributed by atoms with Crippen molar-refractivity contribution in [3.05, 3.63) is 53.6 Å². The molecule has 0 spiro atoms. The Morgan fingerprint density at radius 2 is 2.14 bits per heavy atom. The molecule has 2 aromatic rings. The normalized spacial score (nSPS) is 18.3. The van der Waals surface area contributed by atoms with Gasteiger partial charge in [-0.2, -0.15) is 0 Å². The van der Waals surface area contributed by atoms with Gasteiger partial charge < -0.3 is 15.2 Å². The maximum atomic E-state index is 12.4. The SMILES string of the molecule is C[C@H]1Cn2cnc(C(=O)N[C@H](C)c3ccccc3)c2C(=O)N1. The van der Waals surface area contributed by atoms with Gasteiger partial charge in [0.05, 0.1) is 12.4 Å². The van der Waals surface area contributed by atoms with Crippen molar-refractivity contribution in [2.75, 3.05) is 0 Å². The number of rotatable bonds is 3. The minimum atomic E-state index is -0.338. The summed E-state index contributed by atoms with van der Waals surface area (Å²) in [5.74, 6) is -0.594. The molecule has 0 bridgehead atoms. The van der Waals surface area contributed by atoms with Crippen LogP contribution in [0, 0.1) is 0 Å². The molecule has 6 heteroatoms. The Bertz CT molecular complexity index is 708. The van der Waals surface area contributed by atoms with Crippen molar-refractivity contribution in [2.45, 2.75) is 32.5 Å². The smallest absolute Gasteiger partial charge is 0.272 e. The molecule has 22 heavy (non-hydrogen) atoms. The number of aromatic nitrogens is 2. The molecule has 1 aliphatic heterocycles. The highest BCUT2D eigenvalue weighted by atomic mass is 16.2. The van der Waals surface area contributed by atoms with E-state index in [9.17, 15) is 9.59 Å². The fourth-order valence-corrected chi connectivity index (χ4v) is 2.65. The summed E-state index contributed by atoms with van der Waals surface area (Å²) >= 11 is 0. The quantitative estimate of drug-likeness (QED) is 0.901. The van der Waals surface area contributed by atoms with Gasteiger partial charge in [0, 0.05) is 12.6 Å². The van der Waals surface area contributed by atoms with Gasteiger partial charge in [-0.15, -0.1) is 0 Å². The number of amides is 2. The molecule has 2 heterocycles. The largest absolute Gasteiger partial charge is 0.346 e. The summed E-state index contributed by atoms with van der Waals surface area (Å²) in [6.45, 7) is 4.44. The monoisotopic (exact) mass is 298 g/mol. The Morgan fingerprint density at radius 3 is 2.86 bits per heavy atom. The van der Waals surface area contributed by atoms with E-state index < -0.39 is 0 Å². The molecule has 0 fully saturated rings. The van der Waals surface area contributed by atoms with Crippen LogP contribution in [0.5, 0.6) is 0 Å². The number of nitrogens with one attached hydrogen (secondary N) is 2. The lowest BCUT2D eigenvalue weighted by molar-refractivity contribution is 0.0879. The maximum absolute atomic E-state index is 12.4. The predicted octanol–water partition coefficient (Wildman–Crippen LogP) is 1.51. The van der Waals surface area contributed by atoms with Crippen LogP contribution in [-0.2, 0) is 6.54 Å². The lowest BCUT2D eigenvalue weighted by Crippen LogP contribution is -2.43. The Hall–Kier alpha value is -2.63. The van der Waals surface area contributed by atoms with Crippen LogP contribution in [0.3, 0.4) is 0 Å². The Morgan fingerprint density at radius 1 is 1.41 bits per heavy atom. The van der Waals surface area contributed by atoms with E-state index in [0.29, 0.717) is 12.2 Å². The summed E-state index contributed by atoms with van der Waals surface area (Å²) in [5.41, 5.74) is 1.50. The minimum Gasteiger partial charge on any atom is -0.346 e. The first-order valence-electron chi connectivity index (χ1n) is 7.28. The van der Waals surface area contributed by atoms with Gasteiger partial charge in [-0.1, -0.05) is 30.3 Å². The summed E-state index contributed by atoms with van der Waals surface area (Å²) < 4.78 is 1.73. The average molecular weight is 298 g/mol. The number of hydrogen-bond donors (Lipinski definition) is 2. The van der Waals surface area contributed by atoms with E-state index in [0.717, 1.165) is 5.56 Å². The van der Waals surface area contributed by atoms with Gasteiger partial charge in [0.2, 0.25) is 0 Å². The number of imidazole rings is 1. The van der Waals surface area contributed by atoms with Gasteiger partial charge in [0.15, 0.2) is 5.69 Å². The van der Waals surface area contributed by atoms with Crippen molar-refractivity contribution in [1.29, 1.82) is 0 Å². The fourth-order valence-electron chi connectivity index (χ4n) is 2.65. The van der Waals surface area contributed by atoms with Crippen LogP contribution in [0.25, 0.3) is 0 Å². The Labute approximate surface area is 128 Å². The van der Waals surface area contributed by atoms with E-state index >= 15 is 0 Å².